The molecule has 25 heavy (non-hydrogen) atoms. The van der Waals surface area contributed by atoms with Crippen molar-refractivity contribution < 1.29 is 9.18 Å². The van der Waals surface area contributed by atoms with Crippen molar-refractivity contribution in [2.24, 2.45) is 5.92 Å². The summed E-state index contributed by atoms with van der Waals surface area (Å²) >= 11 is 5.90. The number of hydrogen-bond donors (Lipinski definition) is 2. The number of hydrogen-bond acceptors (Lipinski definition) is 4. The van der Waals surface area contributed by atoms with E-state index >= 15 is 0 Å². The zero-order chi connectivity index (χ0) is 17.4. The average Bonchev–Trinajstić information content (AvgIpc) is 3.04. The molecule has 0 bridgehead atoms. The summed E-state index contributed by atoms with van der Waals surface area (Å²) in [5.74, 6) is -0.123. The van der Waals surface area contributed by atoms with Gasteiger partial charge >= 0.3 is 0 Å². The molecule has 1 aromatic carbocycles. The quantitative estimate of drug-likeness (QED) is 0.808. The third-order valence-electron chi connectivity index (χ3n) is 4.98. The molecule has 3 heterocycles. The Morgan fingerprint density at radius 2 is 2.16 bits per heavy atom. The number of piperidine rings is 1. The predicted molar refractivity (Wildman–Crippen MR) is 92.5 cm³/mol. The highest BCUT2D eigenvalue weighted by atomic mass is 35.5. The Hall–Kier alpha value is -2.02. The molecule has 2 saturated heterocycles. The lowest BCUT2D eigenvalue weighted by Crippen LogP contribution is -2.47. The third kappa shape index (κ3) is 3.25. The van der Waals surface area contributed by atoms with Gasteiger partial charge in [-0.1, -0.05) is 23.7 Å². The van der Waals surface area contributed by atoms with Crippen LogP contribution in [0, 0.1) is 11.7 Å². The van der Waals surface area contributed by atoms with Gasteiger partial charge < -0.3 is 4.90 Å². The lowest BCUT2D eigenvalue weighted by Gasteiger charge is -2.36. The Labute approximate surface area is 150 Å². The van der Waals surface area contributed by atoms with Crippen LogP contribution in [-0.4, -0.2) is 34.9 Å². The van der Waals surface area contributed by atoms with Crippen LogP contribution in [0.4, 0.5) is 4.39 Å². The van der Waals surface area contributed by atoms with Gasteiger partial charge in [0.15, 0.2) is 0 Å². The van der Waals surface area contributed by atoms with E-state index in [2.05, 4.69) is 15.8 Å². The minimum Gasteiger partial charge on any atom is -0.338 e. The van der Waals surface area contributed by atoms with Gasteiger partial charge in [-0.15, -0.1) is 0 Å². The Morgan fingerprint density at radius 1 is 1.28 bits per heavy atom. The molecule has 2 fully saturated rings. The topological polar surface area (TPSA) is 57.3 Å². The molecule has 7 heteroatoms. The fourth-order valence-corrected chi connectivity index (χ4v) is 3.91. The van der Waals surface area contributed by atoms with E-state index in [1.807, 2.05) is 11.0 Å². The summed E-state index contributed by atoms with van der Waals surface area (Å²) in [6, 6.07) is 10.1. The van der Waals surface area contributed by atoms with Crippen LogP contribution in [0.25, 0.3) is 0 Å². The summed E-state index contributed by atoms with van der Waals surface area (Å²) in [4.78, 5) is 18.5. The van der Waals surface area contributed by atoms with Crippen molar-refractivity contribution in [1.29, 1.82) is 0 Å². The van der Waals surface area contributed by atoms with Gasteiger partial charge in [0.25, 0.3) is 5.91 Å². The molecule has 4 rings (SSSR count). The summed E-state index contributed by atoms with van der Waals surface area (Å²) in [7, 11) is 0. The number of fused-ring (bicyclic) bond motifs is 1. The first-order chi connectivity index (χ1) is 12.1. The SMILES string of the molecule is O=C(c1ccnc(Cl)c1)N1CCC2NNC(c3cccc(F)c3)C2C1. The second-order valence-electron chi connectivity index (χ2n) is 6.50. The van der Waals surface area contributed by atoms with E-state index in [-0.39, 0.29) is 29.7 Å². The molecule has 0 radical (unpaired) electrons. The zero-order valence-electron chi connectivity index (χ0n) is 13.5. The molecule has 1 aromatic heterocycles. The number of likely N-dealkylation sites (tertiary alicyclic amines) is 1. The van der Waals surface area contributed by atoms with E-state index in [0.717, 1.165) is 12.0 Å². The number of hydrazine groups is 1. The molecule has 0 aliphatic carbocycles. The van der Waals surface area contributed by atoms with Gasteiger partial charge in [-0.05, 0) is 36.2 Å². The molecule has 130 valence electrons. The Bertz CT molecular complexity index is 802. The number of pyridine rings is 1. The highest BCUT2D eigenvalue weighted by molar-refractivity contribution is 6.29. The first kappa shape index (κ1) is 16.4. The number of rotatable bonds is 2. The van der Waals surface area contributed by atoms with Crippen molar-refractivity contribution in [3.8, 4) is 0 Å². The lowest BCUT2D eigenvalue weighted by atomic mass is 9.85. The van der Waals surface area contributed by atoms with Gasteiger partial charge in [-0.2, -0.15) is 0 Å². The van der Waals surface area contributed by atoms with E-state index in [1.165, 1.54) is 12.3 Å². The van der Waals surface area contributed by atoms with Crippen LogP contribution in [-0.2, 0) is 0 Å². The normalized spacial score (nSPS) is 25.7. The molecule has 1 amide bonds. The molecule has 3 unspecified atom stereocenters. The molecular weight excluding hydrogens is 343 g/mol. The van der Waals surface area contributed by atoms with Crippen LogP contribution in [0.5, 0.6) is 0 Å². The fraction of sp³-hybridized carbons (Fsp3) is 0.333. The Kier molecular flexibility index (Phi) is 4.41. The maximum atomic E-state index is 13.6. The Balaban J connectivity index is 1.54. The summed E-state index contributed by atoms with van der Waals surface area (Å²) in [6.45, 7) is 1.27. The third-order valence-corrected chi connectivity index (χ3v) is 5.19. The minimum absolute atomic E-state index is 0.0303. The van der Waals surface area contributed by atoms with Crippen molar-refractivity contribution in [2.45, 2.75) is 18.5 Å². The van der Waals surface area contributed by atoms with Gasteiger partial charge in [0.05, 0.1) is 6.04 Å². The highest BCUT2D eigenvalue weighted by Crippen LogP contribution is 2.34. The lowest BCUT2D eigenvalue weighted by molar-refractivity contribution is 0.0652. The van der Waals surface area contributed by atoms with Gasteiger partial charge in [0, 0.05) is 36.8 Å². The van der Waals surface area contributed by atoms with Gasteiger partial charge in [-0.3, -0.25) is 10.2 Å². The summed E-state index contributed by atoms with van der Waals surface area (Å²) in [6.07, 6.45) is 2.38. The molecule has 2 aromatic rings. The minimum atomic E-state index is -0.252. The molecular formula is C18H18ClFN4O. The van der Waals surface area contributed by atoms with Crippen LogP contribution in [0.15, 0.2) is 42.6 Å². The highest BCUT2D eigenvalue weighted by Gasteiger charge is 2.41. The van der Waals surface area contributed by atoms with Crippen molar-refractivity contribution in [2.75, 3.05) is 13.1 Å². The van der Waals surface area contributed by atoms with Crippen molar-refractivity contribution in [1.82, 2.24) is 20.7 Å². The molecule has 5 nitrogen and oxygen atoms in total. The molecule has 0 saturated carbocycles. The number of benzene rings is 1. The van der Waals surface area contributed by atoms with Crippen molar-refractivity contribution in [3.05, 3.63) is 64.7 Å². The smallest absolute Gasteiger partial charge is 0.254 e. The standard InChI is InChI=1S/C18H18ClFN4O/c19-16-9-12(4-6-21-16)18(25)24-7-5-15-14(10-24)17(23-22-15)11-2-1-3-13(20)8-11/h1-4,6,8-9,14-15,17,22-23H,5,7,10H2. The molecule has 0 spiro atoms. The van der Waals surface area contributed by atoms with Crippen LogP contribution < -0.4 is 10.9 Å². The average molecular weight is 361 g/mol. The second kappa shape index (κ2) is 6.71. The van der Waals surface area contributed by atoms with Crippen LogP contribution >= 0.6 is 11.6 Å². The van der Waals surface area contributed by atoms with E-state index in [9.17, 15) is 9.18 Å². The number of nitrogens with one attached hydrogen (secondary N) is 2. The first-order valence-corrected chi connectivity index (χ1v) is 8.67. The monoisotopic (exact) mass is 360 g/mol. The number of carbonyl (C=O) groups is 1. The Morgan fingerprint density at radius 3 is 2.96 bits per heavy atom. The van der Waals surface area contributed by atoms with Gasteiger partial charge in [-0.25, -0.2) is 14.8 Å². The second-order valence-corrected chi connectivity index (χ2v) is 6.89. The molecule has 3 atom stereocenters. The van der Waals surface area contributed by atoms with Gasteiger partial charge in [0.2, 0.25) is 0 Å². The van der Waals surface area contributed by atoms with E-state index in [1.54, 1.807) is 24.3 Å². The molecule has 2 N–H and O–H groups in total. The summed E-state index contributed by atoms with van der Waals surface area (Å²) < 4.78 is 13.6. The number of aromatic nitrogens is 1. The van der Waals surface area contributed by atoms with E-state index in [0.29, 0.717) is 23.8 Å². The number of carbonyl (C=O) groups excluding carboxylic acids is 1. The van der Waals surface area contributed by atoms with Gasteiger partial charge in [0.1, 0.15) is 11.0 Å². The number of nitrogens with zero attached hydrogens (tertiary/aromatic N) is 2. The van der Waals surface area contributed by atoms with Crippen LogP contribution in [0.2, 0.25) is 5.15 Å². The van der Waals surface area contributed by atoms with Crippen LogP contribution in [0.3, 0.4) is 0 Å². The maximum absolute atomic E-state index is 13.6. The number of amides is 1. The number of halogens is 2. The van der Waals surface area contributed by atoms with Crippen molar-refractivity contribution >= 4 is 17.5 Å². The van der Waals surface area contributed by atoms with E-state index < -0.39 is 0 Å². The summed E-state index contributed by atoms with van der Waals surface area (Å²) in [5.41, 5.74) is 7.99. The molecule has 2 aliphatic rings. The first-order valence-electron chi connectivity index (χ1n) is 8.29. The van der Waals surface area contributed by atoms with Crippen LogP contribution in [0.1, 0.15) is 28.4 Å². The maximum Gasteiger partial charge on any atom is 0.254 e. The van der Waals surface area contributed by atoms with E-state index in [4.69, 9.17) is 11.6 Å². The van der Waals surface area contributed by atoms with Crippen molar-refractivity contribution in [3.63, 3.8) is 0 Å². The fourth-order valence-electron chi connectivity index (χ4n) is 3.74. The molecule has 2 aliphatic heterocycles. The summed E-state index contributed by atoms with van der Waals surface area (Å²) in [5, 5.41) is 0.308. The largest absolute Gasteiger partial charge is 0.338 e. The zero-order valence-corrected chi connectivity index (χ0v) is 14.2. The predicted octanol–water partition coefficient (Wildman–Crippen LogP) is 2.55.